The number of hydrogen-bond acceptors (Lipinski definition) is 3. The second-order valence-corrected chi connectivity index (χ2v) is 6.47. The zero-order valence-corrected chi connectivity index (χ0v) is 14.7. The molecule has 0 radical (unpaired) electrons. The second kappa shape index (κ2) is 10.4. The number of benzene rings is 1. The van der Waals surface area contributed by atoms with E-state index in [4.69, 9.17) is 4.74 Å². The Morgan fingerprint density at radius 2 is 1.79 bits per heavy atom. The van der Waals surface area contributed by atoms with Crippen molar-refractivity contribution in [1.29, 1.82) is 0 Å². The number of nitrogens with one attached hydrogen (secondary N) is 1. The summed E-state index contributed by atoms with van der Waals surface area (Å²) in [5.41, 5.74) is 0.535. The van der Waals surface area contributed by atoms with Gasteiger partial charge in [-0.15, -0.1) is 0 Å². The van der Waals surface area contributed by atoms with Gasteiger partial charge in [0.25, 0.3) is 0 Å². The van der Waals surface area contributed by atoms with Crippen LogP contribution in [-0.2, 0) is 9.53 Å². The summed E-state index contributed by atoms with van der Waals surface area (Å²) in [4.78, 5) is 23.1. The maximum atomic E-state index is 11.7. The summed E-state index contributed by atoms with van der Waals surface area (Å²) in [6.45, 7) is 6.08. The van der Waals surface area contributed by atoms with Crippen LogP contribution in [0.4, 0.5) is 4.79 Å². The third-order valence-corrected chi connectivity index (χ3v) is 2.99. The summed E-state index contributed by atoms with van der Waals surface area (Å²) >= 11 is 0. The normalized spacial score (nSPS) is 11.8. The van der Waals surface area contributed by atoms with Crippen molar-refractivity contribution in [3.8, 4) is 0 Å². The number of unbranched alkanes of at least 4 members (excludes halogenated alkanes) is 2. The van der Waals surface area contributed by atoms with Crippen LogP contribution < -0.4 is 5.32 Å². The fourth-order valence-electron chi connectivity index (χ4n) is 1.89. The molecule has 1 N–H and O–H groups in total. The van der Waals surface area contributed by atoms with Crippen LogP contribution in [0.5, 0.6) is 0 Å². The zero-order valence-electron chi connectivity index (χ0n) is 14.7. The predicted octanol–water partition coefficient (Wildman–Crippen LogP) is 4.52. The third-order valence-electron chi connectivity index (χ3n) is 2.99. The molecule has 0 aliphatic heterocycles. The van der Waals surface area contributed by atoms with Crippen molar-refractivity contribution in [2.45, 2.75) is 45.6 Å². The summed E-state index contributed by atoms with van der Waals surface area (Å²) < 4.78 is 5.14. The Kier molecular flexibility index (Phi) is 8.55. The van der Waals surface area contributed by atoms with Gasteiger partial charge in [0.1, 0.15) is 5.60 Å². The Morgan fingerprint density at radius 3 is 2.46 bits per heavy atom. The molecule has 4 heteroatoms. The molecule has 0 saturated carbocycles. The van der Waals surface area contributed by atoms with Crippen LogP contribution in [0.25, 0.3) is 6.08 Å². The van der Waals surface area contributed by atoms with Gasteiger partial charge in [0.05, 0.1) is 0 Å². The highest BCUT2D eigenvalue weighted by Gasteiger charge is 2.15. The highest BCUT2D eigenvalue weighted by molar-refractivity contribution is 6.01. The molecule has 0 bridgehead atoms. The number of amides is 1. The molecule has 0 unspecified atom stereocenters. The molecule has 1 aromatic carbocycles. The summed E-state index contributed by atoms with van der Waals surface area (Å²) in [6.07, 6.45) is 8.99. The molecule has 0 heterocycles. The van der Waals surface area contributed by atoms with Crippen LogP contribution >= 0.6 is 0 Å². The Balaban J connectivity index is 2.12. The molecule has 1 amide bonds. The van der Waals surface area contributed by atoms with Crippen LogP contribution in [-0.4, -0.2) is 24.0 Å². The Hall–Kier alpha value is -2.36. The lowest BCUT2D eigenvalue weighted by Gasteiger charge is -2.19. The number of carbonyl (C=O) groups excluding carboxylic acids is 2. The molecule has 0 aromatic heterocycles. The van der Waals surface area contributed by atoms with Crippen molar-refractivity contribution in [1.82, 2.24) is 5.32 Å². The van der Waals surface area contributed by atoms with E-state index in [-0.39, 0.29) is 11.9 Å². The van der Waals surface area contributed by atoms with Crippen LogP contribution in [0.15, 0.2) is 48.6 Å². The van der Waals surface area contributed by atoms with Crippen molar-refractivity contribution in [2.75, 3.05) is 6.54 Å². The lowest BCUT2D eigenvalue weighted by molar-refractivity contribution is -0.110. The summed E-state index contributed by atoms with van der Waals surface area (Å²) in [7, 11) is 0. The summed E-state index contributed by atoms with van der Waals surface area (Å²) in [5, 5.41) is 2.71. The lowest BCUT2D eigenvalue weighted by Crippen LogP contribution is -2.32. The minimum atomic E-state index is -0.472. The molecular formula is C20H27NO3. The van der Waals surface area contributed by atoms with Crippen molar-refractivity contribution in [2.24, 2.45) is 0 Å². The maximum Gasteiger partial charge on any atom is 0.407 e. The minimum absolute atomic E-state index is 0.0225. The van der Waals surface area contributed by atoms with Gasteiger partial charge in [-0.2, -0.15) is 0 Å². The van der Waals surface area contributed by atoms with Crippen molar-refractivity contribution >= 4 is 18.0 Å². The highest BCUT2D eigenvalue weighted by atomic mass is 16.6. The first-order valence-electron chi connectivity index (χ1n) is 8.27. The molecule has 0 saturated heterocycles. The number of hydrogen-bond donors (Lipinski definition) is 1. The number of ether oxygens (including phenoxy) is 1. The topological polar surface area (TPSA) is 55.4 Å². The molecule has 24 heavy (non-hydrogen) atoms. The predicted molar refractivity (Wildman–Crippen MR) is 97.7 cm³/mol. The van der Waals surface area contributed by atoms with Crippen molar-refractivity contribution < 1.29 is 14.3 Å². The largest absolute Gasteiger partial charge is 0.444 e. The van der Waals surface area contributed by atoms with Crippen LogP contribution in [0.2, 0.25) is 0 Å². The van der Waals surface area contributed by atoms with Crippen LogP contribution in [0.3, 0.4) is 0 Å². The van der Waals surface area contributed by atoms with Gasteiger partial charge in [-0.05, 0) is 57.7 Å². The van der Waals surface area contributed by atoms with E-state index < -0.39 is 5.60 Å². The van der Waals surface area contributed by atoms with Gasteiger partial charge in [0.15, 0.2) is 5.78 Å². The summed E-state index contributed by atoms with van der Waals surface area (Å²) in [6, 6.07) is 9.71. The third kappa shape index (κ3) is 10.4. The molecule has 130 valence electrons. The number of allylic oxidation sites excluding steroid dienone is 3. The Morgan fingerprint density at radius 1 is 1.08 bits per heavy atom. The highest BCUT2D eigenvalue weighted by Crippen LogP contribution is 2.06. The van der Waals surface area contributed by atoms with E-state index in [0.717, 1.165) is 24.8 Å². The quantitative estimate of drug-likeness (QED) is 0.563. The first-order valence-corrected chi connectivity index (χ1v) is 8.27. The van der Waals surface area contributed by atoms with Gasteiger partial charge in [-0.1, -0.05) is 42.5 Å². The Labute approximate surface area is 144 Å². The van der Waals surface area contributed by atoms with E-state index in [1.54, 1.807) is 18.2 Å². The van der Waals surface area contributed by atoms with Crippen molar-refractivity contribution in [3.05, 3.63) is 54.1 Å². The van der Waals surface area contributed by atoms with Gasteiger partial charge < -0.3 is 10.1 Å². The molecule has 0 fully saturated rings. The zero-order chi connectivity index (χ0) is 17.8. The molecule has 1 rings (SSSR count). The average molecular weight is 329 g/mol. The lowest BCUT2D eigenvalue weighted by atomic mass is 10.2. The van der Waals surface area contributed by atoms with Gasteiger partial charge in [0, 0.05) is 6.54 Å². The van der Waals surface area contributed by atoms with Gasteiger partial charge in [0.2, 0.25) is 0 Å². The number of rotatable bonds is 8. The van der Waals surface area contributed by atoms with E-state index >= 15 is 0 Å². The summed E-state index contributed by atoms with van der Waals surface area (Å²) in [5.74, 6) is -0.0225. The number of alkyl carbamates (subject to hydrolysis) is 1. The minimum Gasteiger partial charge on any atom is -0.444 e. The van der Waals surface area contributed by atoms with Crippen molar-refractivity contribution in [3.63, 3.8) is 0 Å². The van der Waals surface area contributed by atoms with Gasteiger partial charge >= 0.3 is 6.09 Å². The molecule has 0 spiro atoms. The molecular weight excluding hydrogens is 302 g/mol. The van der Waals surface area contributed by atoms with Gasteiger partial charge in [-0.3, -0.25) is 4.79 Å². The molecule has 0 aliphatic carbocycles. The fourth-order valence-corrected chi connectivity index (χ4v) is 1.89. The maximum absolute atomic E-state index is 11.7. The van der Waals surface area contributed by atoms with E-state index in [2.05, 4.69) is 5.32 Å². The standard InChI is InChI=1S/C20H27NO3/c1-20(2,3)24-19(23)21-16-10-5-4-9-13-18(22)15-14-17-11-7-6-8-12-17/h6-9,11-15H,4-5,10,16H2,1-3H3,(H,21,23)/b13-9+,15-14+. The molecule has 4 nitrogen and oxygen atoms in total. The average Bonchev–Trinajstić information content (AvgIpc) is 2.51. The van der Waals surface area contributed by atoms with Crippen LogP contribution in [0, 0.1) is 0 Å². The number of ketones is 1. The molecule has 0 atom stereocenters. The first-order chi connectivity index (χ1) is 11.4. The van der Waals surface area contributed by atoms with Gasteiger partial charge in [-0.25, -0.2) is 4.79 Å². The van der Waals surface area contributed by atoms with Crippen LogP contribution in [0.1, 0.15) is 45.6 Å². The Bertz CT molecular complexity index is 568. The van der Waals surface area contributed by atoms with E-state index in [0.29, 0.717) is 6.54 Å². The van der Waals surface area contributed by atoms with E-state index in [9.17, 15) is 9.59 Å². The fraction of sp³-hybridized carbons (Fsp3) is 0.400. The van der Waals surface area contributed by atoms with E-state index in [1.165, 1.54) is 0 Å². The monoisotopic (exact) mass is 329 g/mol. The molecule has 0 aliphatic rings. The smallest absolute Gasteiger partial charge is 0.407 e. The molecule has 1 aromatic rings. The first kappa shape index (κ1) is 19.7. The number of carbonyl (C=O) groups is 2. The SMILES string of the molecule is CC(C)(C)OC(=O)NCCCC/C=C/C(=O)/C=C/c1ccccc1. The second-order valence-electron chi connectivity index (χ2n) is 6.47. The van der Waals surface area contributed by atoms with E-state index in [1.807, 2.05) is 57.2 Å².